The fraction of sp³-hybridized carbons (Fsp3) is 0.217. The molecule has 0 radical (unpaired) electrons. The number of nitrogens with one attached hydrogen (secondary N) is 1. The summed E-state index contributed by atoms with van der Waals surface area (Å²) in [5, 5.41) is 8.10. The smallest absolute Gasteiger partial charge is 0.253 e. The lowest BCUT2D eigenvalue weighted by atomic mass is 9.96. The molecule has 4 aromatic rings. The summed E-state index contributed by atoms with van der Waals surface area (Å²) >= 11 is 0. The van der Waals surface area contributed by atoms with Gasteiger partial charge >= 0.3 is 0 Å². The van der Waals surface area contributed by atoms with Crippen molar-refractivity contribution < 1.29 is 4.79 Å². The number of fused-ring (bicyclic) bond motifs is 1. The Morgan fingerprint density at radius 2 is 1.70 bits per heavy atom. The average molecular weight is 398 g/mol. The number of rotatable bonds is 4. The normalized spacial score (nSPS) is 14.7. The summed E-state index contributed by atoms with van der Waals surface area (Å²) in [5.74, 6) is 1.18. The SMILES string of the molecule is O=C(c1ccncc1)N1CCC(c2nc3ccc(Nc4ccccc4)cn3n2)CC1. The van der Waals surface area contributed by atoms with Gasteiger partial charge in [-0.3, -0.25) is 9.78 Å². The van der Waals surface area contributed by atoms with Gasteiger partial charge in [0.2, 0.25) is 0 Å². The maximum Gasteiger partial charge on any atom is 0.253 e. The Hall–Kier alpha value is -3.74. The lowest BCUT2D eigenvalue weighted by Gasteiger charge is -2.30. The summed E-state index contributed by atoms with van der Waals surface area (Å²) in [6.45, 7) is 1.42. The van der Waals surface area contributed by atoms with Gasteiger partial charge in [0.15, 0.2) is 11.5 Å². The third kappa shape index (κ3) is 3.74. The number of piperidine rings is 1. The van der Waals surface area contributed by atoms with Crippen LogP contribution in [0.15, 0.2) is 73.2 Å². The molecule has 7 heteroatoms. The van der Waals surface area contributed by atoms with Crippen molar-refractivity contribution >= 4 is 22.9 Å². The summed E-state index contributed by atoms with van der Waals surface area (Å²) in [4.78, 5) is 23.2. The molecule has 1 aliphatic rings. The van der Waals surface area contributed by atoms with Crippen LogP contribution in [0.25, 0.3) is 5.65 Å². The molecule has 0 atom stereocenters. The van der Waals surface area contributed by atoms with Crippen LogP contribution < -0.4 is 5.32 Å². The largest absolute Gasteiger partial charge is 0.354 e. The van der Waals surface area contributed by atoms with Crippen LogP contribution in [-0.2, 0) is 0 Å². The van der Waals surface area contributed by atoms with E-state index in [2.05, 4.69) is 10.3 Å². The molecule has 1 N–H and O–H groups in total. The van der Waals surface area contributed by atoms with Gasteiger partial charge in [0.1, 0.15) is 0 Å². The number of carbonyl (C=O) groups excluding carboxylic acids is 1. The molecule has 3 aromatic heterocycles. The number of benzene rings is 1. The second-order valence-corrected chi connectivity index (χ2v) is 7.48. The van der Waals surface area contributed by atoms with Gasteiger partial charge in [-0.25, -0.2) is 9.50 Å². The number of amides is 1. The molecule has 150 valence electrons. The molecular weight excluding hydrogens is 376 g/mol. The quantitative estimate of drug-likeness (QED) is 0.564. The standard InChI is InChI=1S/C23H22N6O/c30-23(18-8-12-24-13-9-18)28-14-10-17(11-15-28)22-26-21-7-6-20(16-29(21)27-22)25-19-4-2-1-3-5-19/h1-9,12-13,16-17,25H,10-11,14-15H2. The first-order chi connectivity index (χ1) is 14.8. The number of aromatic nitrogens is 4. The molecule has 4 heterocycles. The van der Waals surface area contributed by atoms with Gasteiger partial charge in [-0.2, -0.15) is 5.10 Å². The monoisotopic (exact) mass is 398 g/mol. The minimum atomic E-state index is 0.0652. The molecule has 0 spiro atoms. The molecule has 1 fully saturated rings. The van der Waals surface area contributed by atoms with Gasteiger partial charge in [-0.15, -0.1) is 0 Å². The minimum absolute atomic E-state index is 0.0652. The highest BCUT2D eigenvalue weighted by Crippen LogP contribution is 2.27. The predicted molar refractivity (Wildman–Crippen MR) is 115 cm³/mol. The highest BCUT2D eigenvalue weighted by atomic mass is 16.2. The van der Waals surface area contributed by atoms with E-state index in [1.807, 2.05) is 58.1 Å². The summed E-state index contributed by atoms with van der Waals surface area (Å²) in [6.07, 6.45) is 7.00. The van der Waals surface area contributed by atoms with Gasteiger partial charge in [0.05, 0.1) is 11.9 Å². The molecule has 7 nitrogen and oxygen atoms in total. The van der Waals surface area contributed by atoms with Gasteiger partial charge in [0, 0.05) is 42.7 Å². The molecule has 30 heavy (non-hydrogen) atoms. The van der Waals surface area contributed by atoms with Crippen LogP contribution in [-0.4, -0.2) is 43.5 Å². The highest BCUT2D eigenvalue weighted by Gasteiger charge is 2.27. The Kier molecular flexibility index (Phi) is 4.85. The van der Waals surface area contributed by atoms with Crippen LogP contribution in [0.2, 0.25) is 0 Å². The molecule has 0 aliphatic carbocycles. The molecule has 1 aromatic carbocycles. The second kappa shape index (κ2) is 7.94. The van der Waals surface area contributed by atoms with Crippen molar-refractivity contribution in [1.29, 1.82) is 0 Å². The van der Waals surface area contributed by atoms with E-state index in [-0.39, 0.29) is 11.8 Å². The average Bonchev–Trinajstić information content (AvgIpc) is 3.23. The molecule has 5 rings (SSSR count). The van der Waals surface area contributed by atoms with Crippen LogP contribution in [0, 0.1) is 0 Å². The molecule has 1 saturated heterocycles. The lowest BCUT2D eigenvalue weighted by Crippen LogP contribution is -2.38. The number of pyridine rings is 2. The first-order valence-electron chi connectivity index (χ1n) is 10.1. The maximum atomic E-state index is 12.6. The number of hydrogen-bond acceptors (Lipinski definition) is 5. The number of carbonyl (C=O) groups is 1. The minimum Gasteiger partial charge on any atom is -0.354 e. The fourth-order valence-electron chi connectivity index (χ4n) is 3.85. The Morgan fingerprint density at radius 3 is 2.47 bits per heavy atom. The van der Waals surface area contributed by atoms with E-state index in [9.17, 15) is 4.79 Å². The highest BCUT2D eigenvalue weighted by molar-refractivity contribution is 5.94. The summed E-state index contributed by atoms with van der Waals surface area (Å²) in [5.41, 5.74) is 3.51. The van der Waals surface area contributed by atoms with Gasteiger partial charge in [-0.05, 0) is 49.2 Å². The van der Waals surface area contributed by atoms with Gasteiger partial charge < -0.3 is 10.2 Å². The molecule has 0 saturated carbocycles. The zero-order chi connectivity index (χ0) is 20.3. The third-order valence-corrected chi connectivity index (χ3v) is 5.48. The van der Waals surface area contributed by atoms with Crippen LogP contribution in [0.5, 0.6) is 0 Å². The first-order valence-corrected chi connectivity index (χ1v) is 10.1. The number of anilines is 2. The fourth-order valence-corrected chi connectivity index (χ4v) is 3.85. The number of likely N-dealkylation sites (tertiary alicyclic amines) is 1. The van der Waals surface area contributed by atoms with E-state index in [0.29, 0.717) is 18.7 Å². The zero-order valence-corrected chi connectivity index (χ0v) is 16.5. The predicted octanol–water partition coefficient (Wildman–Crippen LogP) is 3.89. The summed E-state index contributed by atoms with van der Waals surface area (Å²) in [7, 11) is 0. The number of para-hydroxylation sites is 1. The Bertz CT molecular complexity index is 1150. The maximum absolute atomic E-state index is 12.6. The van der Waals surface area contributed by atoms with Crippen LogP contribution in [0.1, 0.15) is 34.9 Å². The topological polar surface area (TPSA) is 75.4 Å². The molecular formula is C23H22N6O. The Balaban J connectivity index is 1.27. The van der Waals surface area contributed by atoms with Crippen molar-refractivity contribution in [3.05, 3.63) is 84.6 Å². The van der Waals surface area contributed by atoms with Crippen molar-refractivity contribution in [2.75, 3.05) is 18.4 Å². The van der Waals surface area contributed by atoms with Crippen molar-refractivity contribution in [2.45, 2.75) is 18.8 Å². The van der Waals surface area contributed by atoms with E-state index in [1.54, 1.807) is 24.5 Å². The molecule has 1 aliphatic heterocycles. The lowest BCUT2D eigenvalue weighted by molar-refractivity contribution is 0.0711. The second-order valence-electron chi connectivity index (χ2n) is 7.48. The van der Waals surface area contributed by atoms with Crippen molar-refractivity contribution in [1.82, 2.24) is 24.5 Å². The van der Waals surface area contributed by atoms with E-state index in [4.69, 9.17) is 10.1 Å². The first kappa shape index (κ1) is 18.3. The van der Waals surface area contributed by atoms with Crippen molar-refractivity contribution in [2.24, 2.45) is 0 Å². The summed E-state index contributed by atoms with van der Waals surface area (Å²) < 4.78 is 1.83. The van der Waals surface area contributed by atoms with E-state index in [1.165, 1.54) is 0 Å². The van der Waals surface area contributed by atoms with Crippen molar-refractivity contribution in [3.8, 4) is 0 Å². The number of nitrogens with zero attached hydrogens (tertiary/aromatic N) is 5. The molecule has 0 bridgehead atoms. The van der Waals surface area contributed by atoms with Crippen LogP contribution in [0.3, 0.4) is 0 Å². The van der Waals surface area contributed by atoms with Gasteiger partial charge in [-0.1, -0.05) is 18.2 Å². The third-order valence-electron chi connectivity index (χ3n) is 5.48. The van der Waals surface area contributed by atoms with Crippen LogP contribution >= 0.6 is 0 Å². The van der Waals surface area contributed by atoms with E-state index in [0.717, 1.165) is 35.7 Å². The Morgan fingerprint density at radius 1 is 0.933 bits per heavy atom. The number of hydrogen-bond donors (Lipinski definition) is 1. The Labute approximate surface area is 174 Å². The summed E-state index contributed by atoms with van der Waals surface area (Å²) in [6, 6.07) is 17.6. The zero-order valence-electron chi connectivity index (χ0n) is 16.5. The van der Waals surface area contributed by atoms with E-state index < -0.39 is 0 Å². The molecule has 1 amide bonds. The van der Waals surface area contributed by atoms with Gasteiger partial charge in [0.25, 0.3) is 5.91 Å². The van der Waals surface area contributed by atoms with Crippen molar-refractivity contribution in [3.63, 3.8) is 0 Å². The van der Waals surface area contributed by atoms with Crippen LogP contribution in [0.4, 0.5) is 11.4 Å². The molecule has 0 unspecified atom stereocenters. The van der Waals surface area contributed by atoms with E-state index >= 15 is 0 Å².